The van der Waals surface area contributed by atoms with E-state index in [4.69, 9.17) is 11.5 Å². The summed E-state index contributed by atoms with van der Waals surface area (Å²) >= 11 is 0. The first-order valence-electron chi connectivity index (χ1n) is 4.60. The molecule has 0 saturated carbocycles. The number of carbonyl (C=O) groups is 2. The van der Waals surface area contributed by atoms with Gasteiger partial charge in [0.2, 0.25) is 0 Å². The molecule has 0 aliphatic heterocycles. The van der Waals surface area contributed by atoms with Crippen LogP contribution in [0, 0.1) is 18.2 Å². The molecule has 0 bridgehead atoms. The Labute approximate surface area is 96.9 Å². The van der Waals surface area contributed by atoms with Gasteiger partial charge < -0.3 is 10.0 Å². The summed E-state index contributed by atoms with van der Waals surface area (Å²) in [5, 5.41) is 8.61. The Bertz CT molecular complexity index is 482. The van der Waals surface area contributed by atoms with Crippen molar-refractivity contribution in [2.24, 2.45) is 0 Å². The number of hydrogen-bond donors (Lipinski definition) is 1. The Morgan fingerprint density at radius 1 is 1.59 bits per heavy atom. The molecule has 1 aromatic rings. The van der Waals surface area contributed by atoms with Gasteiger partial charge in [-0.15, -0.1) is 6.42 Å². The first-order chi connectivity index (χ1) is 8.06. The fraction of sp³-hybridized carbons (Fsp3) is 0.182. The number of aliphatic carboxylic acids is 1. The molecule has 1 heterocycles. The van der Waals surface area contributed by atoms with Crippen molar-refractivity contribution in [2.45, 2.75) is 0 Å². The summed E-state index contributed by atoms with van der Waals surface area (Å²) in [6.45, 7) is -0.780. The van der Waals surface area contributed by atoms with Crippen LogP contribution in [0.15, 0.2) is 18.5 Å². The summed E-state index contributed by atoms with van der Waals surface area (Å²) in [4.78, 5) is 26.7. The molecule has 0 spiro atoms. The lowest BCUT2D eigenvalue weighted by atomic mass is 10.2. The Morgan fingerprint density at radius 3 is 2.82 bits per heavy atom. The fourth-order valence-electron chi connectivity index (χ4n) is 1.19. The second-order valence-electron chi connectivity index (χ2n) is 3.11. The van der Waals surface area contributed by atoms with Gasteiger partial charge in [0.1, 0.15) is 6.54 Å². The van der Waals surface area contributed by atoms with Crippen molar-refractivity contribution >= 4 is 11.9 Å². The number of rotatable bonds is 4. The minimum Gasteiger partial charge on any atom is -0.480 e. The Kier molecular flexibility index (Phi) is 4.17. The number of pyridine rings is 1. The third-order valence-electron chi connectivity index (χ3n) is 1.90. The predicted molar refractivity (Wildman–Crippen MR) is 56.6 cm³/mol. The number of amides is 1. The van der Waals surface area contributed by atoms with Gasteiger partial charge >= 0.3 is 5.97 Å². The molecular weight excluding hydrogens is 227 g/mol. The van der Waals surface area contributed by atoms with Crippen molar-refractivity contribution in [1.82, 2.24) is 9.88 Å². The highest BCUT2D eigenvalue weighted by Gasteiger charge is 2.20. The van der Waals surface area contributed by atoms with Gasteiger partial charge in [-0.3, -0.25) is 14.6 Å². The van der Waals surface area contributed by atoms with Gasteiger partial charge in [-0.2, -0.15) is 0 Å². The van der Waals surface area contributed by atoms with E-state index in [-0.39, 0.29) is 12.1 Å². The molecule has 0 aliphatic carbocycles. The highest BCUT2D eigenvalue weighted by molar-refractivity contribution is 5.96. The van der Waals surface area contributed by atoms with Crippen LogP contribution in [0.4, 0.5) is 4.39 Å². The van der Waals surface area contributed by atoms with Gasteiger partial charge in [-0.05, 0) is 6.07 Å². The van der Waals surface area contributed by atoms with E-state index in [2.05, 4.69) is 10.9 Å². The lowest BCUT2D eigenvalue weighted by Crippen LogP contribution is -2.36. The largest absolute Gasteiger partial charge is 0.480 e. The lowest BCUT2D eigenvalue weighted by Gasteiger charge is -2.17. The monoisotopic (exact) mass is 236 g/mol. The van der Waals surface area contributed by atoms with Crippen LogP contribution >= 0.6 is 0 Å². The standard InChI is InChI=1S/C11H9FN2O3/c1-2-5-14(7-10(15)16)11(17)8-3-4-13-6-9(8)12/h1,3-4,6H,5,7H2,(H,15,16). The van der Waals surface area contributed by atoms with Gasteiger partial charge in [-0.25, -0.2) is 4.39 Å². The van der Waals surface area contributed by atoms with Crippen LogP contribution in [0.5, 0.6) is 0 Å². The van der Waals surface area contributed by atoms with Gasteiger partial charge in [0, 0.05) is 6.20 Å². The summed E-state index contributed by atoms with van der Waals surface area (Å²) in [5.74, 6) is -0.660. The van der Waals surface area contributed by atoms with E-state index < -0.39 is 24.2 Å². The Balaban J connectivity index is 2.96. The fourth-order valence-corrected chi connectivity index (χ4v) is 1.19. The summed E-state index contributed by atoms with van der Waals surface area (Å²) in [6, 6.07) is 1.17. The zero-order chi connectivity index (χ0) is 12.8. The summed E-state index contributed by atoms with van der Waals surface area (Å²) in [7, 11) is 0. The Hall–Kier alpha value is -2.42. The topological polar surface area (TPSA) is 70.5 Å². The van der Waals surface area contributed by atoms with Crippen LogP contribution < -0.4 is 0 Å². The van der Waals surface area contributed by atoms with Crippen molar-refractivity contribution in [3.8, 4) is 12.3 Å². The van der Waals surface area contributed by atoms with E-state index in [0.29, 0.717) is 0 Å². The summed E-state index contributed by atoms with van der Waals surface area (Å²) < 4.78 is 13.3. The first kappa shape index (κ1) is 12.6. The maximum atomic E-state index is 13.3. The summed E-state index contributed by atoms with van der Waals surface area (Å²) in [5.41, 5.74) is -0.253. The molecule has 0 saturated heterocycles. The van der Waals surface area contributed by atoms with E-state index in [9.17, 15) is 14.0 Å². The molecule has 0 aliphatic rings. The molecular formula is C11H9FN2O3. The molecule has 17 heavy (non-hydrogen) atoms. The van der Waals surface area contributed by atoms with Crippen molar-refractivity contribution in [3.63, 3.8) is 0 Å². The minimum atomic E-state index is -1.22. The molecule has 6 heteroatoms. The molecule has 1 aromatic heterocycles. The van der Waals surface area contributed by atoms with E-state index in [1.165, 1.54) is 12.3 Å². The van der Waals surface area contributed by atoms with Gasteiger partial charge in [0.15, 0.2) is 5.82 Å². The predicted octanol–water partition coefficient (Wildman–Crippen LogP) is 0.381. The van der Waals surface area contributed by atoms with E-state index in [0.717, 1.165) is 11.1 Å². The molecule has 1 N–H and O–H groups in total. The van der Waals surface area contributed by atoms with Crippen molar-refractivity contribution < 1.29 is 19.1 Å². The van der Waals surface area contributed by atoms with Crippen LogP contribution in [0.2, 0.25) is 0 Å². The van der Waals surface area contributed by atoms with Crippen molar-refractivity contribution in [2.75, 3.05) is 13.1 Å². The number of nitrogens with zero attached hydrogens (tertiary/aromatic N) is 2. The maximum Gasteiger partial charge on any atom is 0.323 e. The smallest absolute Gasteiger partial charge is 0.323 e. The van der Waals surface area contributed by atoms with E-state index in [1.807, 2.05) is 0 Å². The van der Waals surface area contributed by atoms with Crippen LogP contribution in [0.1, 0.15) is 10.4 Å². The number of hydrogen-bond acceptors (Lipinski definition) is 3. The first-order valence-corrected chi connectivity index (χ1v) is 4.60. The number of terminal acetylenes is 1. The van der Waals surface area contributed by atoms with Gasteiger partial charge in [0.05, 0.1) is 18.3 Å². The highest BCUT2D eigenvalue weighted by Crippen LogP contribution is 2.08. The lowest BCUT2D eigenvalue weighted by molar-refractivity contribution is -0.137. The van der Waals surface area contributed by atoms with Crippen LogP contribution in [0.3, 0.4) is 0 Å². The molecule has 0 fully saturated rings. The van der Waals surface area contributed by atoms with Gasteiger partial charge in [-0.1, -0.05) is 5.92 Å². The second-order valence-corrected chi connectivity index (χ2v) is 3.11. The number of aromatic nitrogens is 1. The van der Waals surface area contributed by atoms with Crippen molar-refractivity contribution in [3.05, 3.63) is 29.8 Å². The molecule has 88 valence electrons. The molecule has 0 aromatic carbocycles. The van der Waals surface area contributed by atoms with Crippen LogP contribution in [-0.2, 0) is 4.79 Å². The molecule has 0 radical (unpaired) electrons. The third kappa shape index (κ3) is 3.28. The maximum absolute atomic E-state index is 13.3. The van der Waals surface area contributed by atoms with Crippen LogP contribution in [0.25, 0.3) is 0 Å². The molecule has 0 unspecified atom stereocenters. The average molecular weight is 236 g/mol. The SMILES string of the molecule is C#CCN(CC(=O)O)C(=O)c1ccncc1F. The normalized spacial score (nSPS) is 9.41. The molecule has 1 amide bonds. The van der Waals surface area contributed by atoms with Gasteiger partial charge in [0.25, 0.3) is 5.91 Å². The Morgan fingerprint density at radius 2 is 2.29 bits per heavy atom. The minimum absolute atomic E-state index is 0.201. The number of halogens is 1. The molecule has 1 rings (SSSR count). The average Bonchev–Trinajstić information content (AvgIpc) is 2.28. The molecule has 0 atom stereocenters. The second kappa shape index (κ2) is 5.61. The van der Waals surface area contributed by atoms with E-state index in [1.54, 1.807) is 0 Å². The molecule has 5 nitrogen and oxygen atoms in total. The third-order valence-corrected chi connectivity index (χ3v) is 1.90. The van der Waals surface area contributed by atoms with E-state index >= 15 is 0 Å². The quantitative estimate of drug-likeness (QED) is 0.767. The zero-order valence-corrected chi connectivity index (χ0v) is 8.76. The number of carboxylic acids is 1. The van der Waals surface area contributed by atoms with Crippen LogP contribution in [-0.4, -0.2) is 40.0 Å². The zero-order valence-electron chi connectivity index (χ0n) is 8.76. The number of carboxylic acid groups (broad SMARTS) is 1. The summed E-state index contributed by atoms with van der Waals surface area (Å²) in [6.07, 6.45) is 7.13. The number of carbonyl (C=O) groups excluding carboxylic acids is 1. The highest BCUT2D eigenvalue weighted by atomic mass is 19.1. The van der Waals surface area contributed by atoms with Crippen molar-refractivity contribution in [1.29, 1.82) is 0 Å².